The third-order valence-electron chi connectivity index (χ3n) is 3.43. The maximum atomic E-state index is 5.72. The average molecular weight is 257 g/mol. The van der Waals surface area contributed by atoms with Gasteiger partial charge in [0, 0.05) is 29.9 Å². The van der Waals surface area contributed by atoms with Gasteiger partial charge in [0.2, 0.25) is 0 Å². The van der Waals surface area contributed by atoms with Crippen LogP contribution in [0.15, 0.2) is 24.3 Å². The lowest BCUT2D eigenvalue weighted by molar-refractivity contribution is 0.472. The summed E-state index contributed by atoms with van der Waals surface area (Å²) in [7, 11) is 0. The summed E-state index contributed by atoms with van der Waals surface area (Å²) < 4.78 is 2.13. The number of hydrogen-bond acceptors (Lipinski definition) is 2. The van der Waals surface area contributed by atoms with E-state index in [2.05, 4.69) is 49.6 Å². The number of hydrogen-bond donors (Lipinski definition) is 1. The van der Waals surface area contributed by atoms with Crippen molar-refractivity contribution in [2.24, 2.45) is 5.92 Å². The van der Waals surface area contributed by atoms with E-state index < -0.39 is 0 Å². The van der Waals surface area contributed by atoms with Crippen LogP contribution >= 0.6 is 0 Å². The van der Waals surface area contributed by atoms with Gasteiger partial charge < -0.3 is 5.73 Å². The van der Waals surface area contributed by atoms with Crippen LogP contribution in [-0.4, -0.2) is 9.78 Å². The molecule has 2 rings (SSSR count). The van der Waals surface area contributed by atoms with Crippen molar-refractivity contribution in [1.82, 2.24) is 9.78 Å². The third-order valence-corrected chi connectivity index (χ3v) is 3.43. The molecular formula is C16H23N3. The lowest BCUT2D eigenvalue weighted by Gasteiger charge is -2.08. The van der Waals surface area contributed by atoms with Gasteiger partial charge in [-0.05, 0) is 37.5 Å². The fourth-order valence-electron chi connectivity index (χ4n) is 2.35. The van der Waals surface area contributed by atoms with Crippen molar-refractivity contribution in [2.75, 3.05) is 5.73 Å². The molecule has 0 atom stereocenters. The van der Waals surface area contributed by atoms with Crippen molar-refractivity contribution in [2.45, 2.75) is 40.7 Å². The molecule has 0 saturated heterocycles. The van der Waals surface area contributed by atoms with Gasteiger partial charge in [-0.15, -0.1) is 0 Å². The first-order valence-corrected chi connectivity index (χ1v) is 6.84. The molecule has 0 bridgehead atoms. The Balaban J connectivity index is 2.25. The topological polar surface area (TPSA) is 43.8 Å². The number of aryl methyl sites for hydroxylation is 1. The summed E-state index contributed by atoms with van der Waals surface area (Å²) in [6, 6.07) is 8.10. The van der Waals surface area contributed by atoms with Crippen LogP contribution in [0.4, 0.5) is 5.69 Å². The second kappa shape index (κ2) is 5.47. The first-order chi connectivity index (χ1) is 8.97. The predicted octanol–water partition coefficient (Wildman–Crippen LogP) is 3.33. The largest absolute Gasteiger partial charge is 0.399 e. The second-order valence-corrected chi connectivity index (χ2v) is 5.64. The standard InChI is InChI=1S/C16H23N3/c1-11(2)10-19-13(4)16(12(3)18-19)9-14-5-7-15(17)8-6-14/h5-8,11H,9-10,17H2,1-4H3. The van der Waals surface area contributed by atoms with Crippen LogP contribution in [0, 0.1) is 19.8 Å². The summed E-state index contributed by atoms with van der Waals surface area (Å²) in [5.74, 6) is 0.613. The molecule has 0 saturated carbocycles. The maximum Gasteiger partial charge on any atom is 0.0631 e. The first-order valence-electron chi connectivity index (χ1n) is 6.84. The van der Waals surface area contributed by atoms with Crippen LogP contribution in [0.3, 0.4) is 0 Å². The van der Waals surface area contributed by atoms with Crippen molar-refractivity contribution in [3.05, 3.63) is 46.8 Å². The Bertz CT molecular complexity index is 550. The lowest BCUT2D eigenvalue weighted by atomic mass is 10.0. The van der Waals surface area contributed by atoms with Crippen molar-refractivity contribution in [3.63, 3.8) is 0 Å². The molecule has 0 aliphatic rings. The van der Waals surface area contributed by atoms with Crippen LogP contribution in [0.1, 0.15) is 36.4 Å². The number of nitrogens with zero attached hydrogens (tertiary/aromatic N) is 2. The Kier molecular flexibility index (Phi) is 3.93. The molecule has 1 aromatic heterocycles. The highest BCUT2D eigenvalue weighted by atomic mass is 15.3. The first kappa shape index (κ1) is 13.7. The van der Waals surface area contributed by atoms with Gasteiger partial charge >= 0.3 is 0 Å². The van der Waals surface area contributed by atoms with Gasteiger partial charge in [0.15, 0.2) is 0 Å². The van der Waals surface area contributed by atoms with Crippen LogP contribution in [0.5, 0.6) is 0 Å². The van der Waals surface area contributed by atoms with E-state index in [1.165, 1.54) is 16.8 Å². The molecule has 0 aliphatic carbocycles. The molecule has 2 aromatic rings. The zero-order chi connectivity index (χ0) is 14.0. The summed E-state index contributed by atoms with van der Waals surface area (Å²) in [5.41, 5.74) is 11.6. The number of nitrogen functional groups attached to an aromatic ring is 1. The smallest absolute Gasteiger partial charge is 0.0631 e. The number of benzene rings is 1. The van der Waals surface area contributed by atoms with E-state index in [1.807, 2.05) is 12.1 Å². The molecule has 0 spiro atoms. The number of anilines is 1. The molecule has 1 heterocycles. The third kappa shape index (κ3) is 3.16. The molecule has 0 amide bonds. The Hall–Kier alpha value is -1.77. The maximum absolute atomic E-state index is 5.72. The highest BCUT2D eigenvalue weighted by molar-refractivity contribution is 5.41. The minimum Gasteiger partial charge on any atom is -0.399 e. The van der Waals surface area contributed by atoms with E-state index in [-0.39, 0.29) is 0 Å². The van der Waals surface area contributed by atoms with E-state index in [9.17, 15) is 0 Å². The van der Waals surface area contributed by atoms with Crippen LogP contribution in [-0.2, 0) is 13.0 Å². The van der Waals surface area contributed by atoms with Gasteiger partial charge in [-0.2, -0.15) is 5.10 Å². The minimum absolute atomic E-state index is 0.613. The Labute approximate surface area is 115 Å². The van der Waals surface area contributed by atoms with Crippen molar-refractivity contribution in [1.29, 1.82) is 0 Å². The van der Waals surface area contributed by atoms with Crippen LogP contribution in [0.2, 0.25) is 0 Å². The predicted molar refractivity (Wildman–Crippen MR) is 80.2 cm³/mol. The highest BCUT2D eigenvalue weighted by Crippen LogP contribution is 2.19. The van der Waals surface area contributed by atoms with Gasteiger partial charge in [0.25, 0.3) is 0 Å². The molecule has 3 nitrogen and oxygen atoms in total. The molecule has 2 N–H and O–H groups in total. The van der Waals surface area contributed by atoms with Gasteiger partial charge in [0.05, 0.1) is 5.69 Å². The zero-order valence-corrected chi connectivity index (χ0v) is 12.3. The molecule has 0 fully saturated rings. The molecule has 0 unspecified atom stereocenters. The molecular weight excluding hydrogens is 234 g/mol. The summed E-state index contributed by atoms with van der Waals surface area (Å²) in [6.45, 7) is 9.67. The van der Waals surface area contributed by atoms with Gasteiger partial charge in [-0.3, -0.25) is 4.68 Å². The summed E-state index contributed by atoms with van der Waals surface area (Å²) in [6.07, 6.45) is 0.927. The molecule has 0 radical (unpaired) electrons. The molecule has 102 valence electrons. The number of nitrogens with two attached hydrogens (primary N) is 1. The summed E-state index contributed by atoms with van der Waals surface area (Å²) in [4.78, 5) is 0. The molecule has 1 aromatic carbocycles. The Morgan fingerprint density at radius 3 is 2.37 bits per heavy atom. The van der Waals surface area contributed by atoms with Crippen LogP contribution < -0.4 is 5.73 Å². The van der Waals surface area contributed by atoms with Gasteiger partial charge in [0.1, 0.15) is 0 Å². The van der Waals surface area contributed by atoms with Gasteiger partial charge in [-0.25, -0.2) is 0 Å². The van der Waals surface area contributed by atoms with Crippen molar-refractivity contribution in [3.8, 4) is 0 Å². The zero-order valence-electron chi connectivity index (χ0n) is 12.3. The summed E-state index contributed by atoms with van der Waals surface area (Å²) in [5, 5.41) is 4.66. The number of aromatic nitrogens is 2. The van der Waals surface area contributed by atoms with Gasteiger partial charge in [-0.1, -0.05) is 26.0 Å². The highest BCUT2D eigenvalue weighted by Gasteiger charge is 2.12. The normalized spacial score (nSPS) is 11.2. The quantitative estimate of drug-likeness (QED) is 0.854. The monoisotopic (exact) mass is 257 g/mol. The molecule has 0 aliphatic heterocycles. The van der Waals surface area contributed by atoms with E-state index in [4.69, 9.17) is 5.73 Å². The lowest BCUT2D eigenvalue weighted by Crippen LogP contribution is -2.08. The van der Waals surface area contributed by atoms with Crippen molar-refractivity contribution < 1.29 is 0 Å². The summed E-state index contributed by atoms with van der Waals surface area (Å²) >= 11 is 0. The van der Waals surface area contributed by atoms with Crippen LogP contribution in [0.25, 0.3) is 0 Å². The van der Waals surface area contributed by atoms with E-state index in [0.29, 0.717) is 5.92 Å². The average Bonchev–Trinajstić information content (AvgIpc) is 2.59. The molecule has 19 heavy (non-hydrogen) atoms. The SMILES string of the molecule is Cc1nn(CC(C)C)c(C)c1Cc1ccc(N)cc1. The molecule has 3 heteroatoms. The number of rotatable bonds is 4. The van der Waals surface area contributed by atoms with E-state index in [0.717, 1.165) is 24.3 Å². The van der Waals surface area contributed by atoms with E-state index >= 15 is 0 Å². The second-order valence-electron chi connectivity index (χ2n) is 5.64. The Morgan fingerprint density at radius 1 is 1.16 bits per heavy atom. The Morgan fingerprint density at radius 2 is 1.79 bits per heavy atom. The fraction of sp³-hybridized carbons (Fsp3) is 0.438. The minimum atomic E-state index is 0.613. The fourth-order valence-corrected chi connectivity index (χ4v) is 2.35. The van der Waals surface area contributed by atoms with E-state index in [1.54, 1.807) is 0 Å². The van der Waals surface area contributed by atoms with Crippen molar-refractivity contribution >= 4 is 5.69 Å².